The molecular formula is C5H6N2O4. The Morgan fingerprint density at radius 2 is 2.27 bits per heavy atom. The quantitative estimate of drug-likeness (QED) is 0.497. The van der Waals surface area contributed by atoms with E-state index < -0.39 is 17.9 Å². The first-order chi connectivity index (χ1) is 5.11. The molecule has 0 aromatic rings. The van der Waals surface area contributed by atoms with Gasteiger partial charge in [-0.05, 0) is 0 Å². The first-order valence-corrected chi connectivity index (χ1v) is 2.90. The highest BCUT2D eigenvalue weighted by atomic mass is 16.7. The van der Waals surface area contributed by atoms with Crippen LogP contribution in [0.5, 0.6) is 0 Å². The van der Waals surface area contributed by atoms with Crippen molar-refractivity contribution >= 4 is 17.9 Å². The Bertz CT molecular complexity index is 209. The van der Waals surface area contributed by atoms with Gasteiger partial charge in [0.15, 0.2) is 0 Å². The number of hydrogen-bond acceptors (Lipinski definition) is 4. The molecule has 0 spiro atoms. The minimum atomic E-state index is -0.704. The number of hydrogen-bond donors (Lipinski definition) is 1. The maximum absolute atomic E-state index is 10.7. The van der Waals surface area contributed by atoms with Crippen LogP contribution in [0.2, 0.25) is 0 Å². The van der Waals surface area contributed by atoms with E-state index in [1.807, 2.05) is 0 Å². The molecule has 0 saturated carbocycles. The molecule has 1 saturated heterocycles. The van der Waals surface area contributed by atoms with Crippen LogP contribution in [0.4, 0.5) is 4.79 Å². The fourth-order valence-corrected chi connectivity index (χ4v) is 0.629. The van der Waals surface area contributed by atoms with Gasteiger partial charge in [0.2, 0.25) is 0 Å². The molecule has 11 heavy (non-hydrogen) atoms. The number of urea groups is 1. The van der Waals surface area contributed by atoms with E-state index in [2.05, 4.69) is 10.2 Å². The number of rotatable bonds is 1. The summed E-state index contributed by atoms with van der Waals surface area (Å²) in [6.07, 6.45) is 0. The zero-order valence-electron chi connectivity index (χ0n) is 5.79. The van der Waals surface area contributed by atoms with Crippen molar-refractivity contribution in [2.75, 3.05) is 6.54 Å². The topological polar surface area (TPSA) is 75.7 Å². The predicted octanol–water partition coefficient (Wildman–Crippen LogP) is -0.984. The van der Waals surface area contributed by atoms with Crippen molar-refractivity contribution in [3.63, 3.8) is 0 Å². The van der Waals surface area contributed by atoms with E-state index in [1.54, 1.807) is 0 Å². The van der Waals surface area contributed by atoms with Gasteiger partial charge >= 0.3 is 12.0 Å². The molecule has 0 atom stereocenters. The molecule has 1 fully saturated rings. The summed E-state index contributed by atoms with van der Waals surface area (Å²) in [7, 11) is 0. The molecule has 0 radical (unpaired) electrons. The lowest BCUT2D eigenvalue weighted by molar-refractivity contribution is -0.179. The largest absolute Gasteiger partial charge is 0.358 e. The van der Waals surface area contributed by atoms with Crippen LogP contribution in [0.3, 0.4) is 0 Å². The molecule has 0 aromatic carbocycles. The van der Waals surface area contributed by atoms with E-state index in [1.165, 1.54) is 0 Å². The summed E-state index contributed by atoms with van der Waals surface area (Å²) in [4.78, 5) is 35.9. The minimum Gasteiger partial charge on any atom is -0.329 e. The molecule has 0 unspecified atom stereocenters. The van der Waals surface area contributed by atoms with Gasteiger partial charge in [0.1, 0.15) is 6.54 Å². The third-order valence-electron chi connectivity index (χ3n) is 1.02. The van der Waals surface area contributed by atoms with E-state index >= 15 is 0 Å². The number of imide groups is 1. The Morgan fingerprint density at radius 3 is 2.64 bits per heavy atom. The molecule has 3 amide bonds. The summed E-state index contributed by atoms with van der Waals surface area (Å²) in [5, 5.41) is 2.59. The lowest BCUT2D eigenvalue weighted by Gasteiger charge is -2.08. The average Bonchev–Trinajstić information content (AvgIpc) is 2.18. The van der Waals surface area contributed by atoms with E-state index in [-0.39, 0.29) is 6.54 Å². The van der Waals surface area contributed by atoms with Gasteiger partial charge in [-0.15, -0.1) is 0 Å². The molecule has 1 aliphatic heterocycles. The van der Waals surface area contributed by atoms with Crippen molar-refractivity contribution in [3.8, 4) is 0 Å². The summed E-state index contributed by atoms with van der Waals surface area (Å²) < 4.78 is 0. The smallest absolute Gasteiger partial charge is 0.329 e. The molecule has 6 heteroatoms. The van der Waals surface area contributed by atoms with Crippen molar-refractivity contribution in [1.29, 1.82) is 0 Å². The highest BCUT2D eigenvalue weighted by molar-refractivity contribution is 6.01. The zero-order chi connectivity index (χ0) is 8.43. The van der Waals surface area contributed by atoms with E-state index in [0.29, 0.717) is 5.06 Å². The van der Waals surface area contributed by atoms with Crippen LogP contribution in [-0.2, 0) is 14.4 Å². The van der Waals surface area contributed by atoms with Crippen LogP contribution in [0.15, 0.2) is 0 Å². The fourth-order valence-electron chi connectivity index (χ4n) is 0.629. The van der Waals surface area contributed by atoms with Crippen molar-refractivity contribution < 1.29 is 19.2 Å². The zero-order valence-corrected chi connectivity index (χ0v) is 5.79. The predicted molar refractivity (Wildman–Crippen MR) is 32.0 cm³/mol. The van der Waals surface area contributed by atoms with Crippen molar-refractivity contribution in [2.45, 2.75) is 6.92 Å². The lowest BCUT2D eigenvalue weighted by Crippen LogP contribution is -2.32. The molecule has 1 N–H and O–H groups in total. The number of carbonyl (C=O) groups excluding carboxylic acids is 3. The van der Waals surface area contributed by atoms with Gasteiger partial charge in [-0.2, -0.15) is 0 Å². The van der Waals surface area contributed by atoms with Crippen LogP contribution < -0.4 is 5.32 Å². The van der Waals surface area contributed by atoms with E-state index in [0.717, 1.165) is 6.92 Å². The third kappa shape index (κ3) is 1.46. The first kappa shape index (κ1) is 7.52. The number of nitrogens with one attached hydrogen (secondary N) is 1. The van der Waals surface area contributed by atoms with Gasteiger partial charge in [0.25, 0.3) is 5.91 Å². The van der Waals surface area contributed by atoms with Crippen LogP contribution in [0, 0.1) is 0 Å². The molecule has 0 bridgehead atoms. The van der Waals surface area contributed by atoms with Gasteiger partial charge in [-0.25, -0.2) is 9.59 Å². The molecule has 1 rings (SSSR count). The molecule has 0 aromatic heterocycles. The lowest BCUT2D eigenvalue weighted by atomic mass is 10.6. The Kier molecular flexibility index (Phi) is 1.75. The maximum Gasteiger partial charge on any atom is 0.358 e. The number of amides is 3. The van der Waals surface area contributed by atoms with Crippen LogP contribution in [-0.4, -0.2) is 29.5 Å². The van der Waals surface area contributed by atoms with Crippen LogP contribution >= 0.6 is 0 Å². The second-order valence-corrected chi connectivity index (χ2v) is 1.93. The van der Waals surface area contributed by atoms with Crippen molar-refractivity contribution in [1.82, 2.24) is 10.4 Å². The van der Waals surface area contributed by atoms with E-state index in [4.69, 9.17) is 0 Å². The summed E-state index contributed by atoms with van der Waals surface area (Å²) in [6, 6.07) is -0.704. The van der Waals surface area contributed by atoms with Gasteiger partial charge < -0.3 is 10.2 Å². The number of carbonyl (C=O) groups is 3. The fraction of sp³-hybridized carbons (Fsp3) is 0.400. The van der Waals surface area contributed by atoms with Gasteiger partial charge in [-0.3, -0.25) is 4.79 Å². The highest BCUT2D eigenvalue weighted by Gasteiger charge is 2.31. The Morgan fingerprint density at radius 1 is 1.64 bits per heavy atom. The normalized spacial score (nSPS) is 16.6. The highest BCUT2D eigenvalue weighted by Crippen LogP contribution is 1.99. The van der Waals surface area contributed by atoms with Crippen molar-refractivity contribution in [2.24, 2.45) is 0 Å². The Hall–Kier alpha value is -1.59. The summed E-state index contributed by atoms with van der Waals surface area (Å²) in [5.74, 6) is -1.26. The van der Waals surface area contributed by atoms with Crippen LogP contribution in [0.1, 0.15) is 6.92 Å². The first-order valence-electron chi connectivity index (χ1n) is 2.90. The van der Waals surface area contributed by atoms with Gasteiger partial charge in [-0.1, -0.05) is 5.06 Å². The average molecular weight is 158 g/mol. The molecule has 1 aliphatic rings. The van der Waals surface area contributed by atoms with Crippen LogP contribution in [0.25, 0.3) is 0 Å². The second-order valence-electron chi connectivity index (χ2n) is 1.93. The Balaban J connectivity index is 2.62. The third-order valence-corrected chi connectivity index (χ3v) is 1.02. The molecule has 0 aliphatic carbocycles. The summed E-state index contributed by atoms with van der Waals surface area (Å²) in [5.41, 5.74) is 0. The SMILES string of the molecule is CC(=O)ON1C(=O)CNC1=O. The van der Waals surface area contributed by atoms with E-state index in [9.17, 15) is 14.4 Å². The maximum atomic E-state index is 10.7. The summed E-state index contributed by atoms with van der Waals surface area (Å²) in [6.45, 7) is 0.991. The molecular weight excluding hydrogens is 152 g/mol. The number of hydroxylamine groups is 2. The monoisotopic (exact) mass is 158 g/mol. The molecule has 1 heterocycles. The second kappa shape index (κ2) is 2.57. The number of nitrogens with zero attached hydrogens (tertiary/aromatic N) is 1. The molecule has 60 valence electrons. The standard InChI is InChI=1S/C5H6N2O4/c1-3(8)11-7-4(9)2-6-5(7)10/h2H2,1H3,(H,6,10). The minimum absolute atomic E-state index is 0.119. The van der Waals surface area contributed by atoms with Crippen molar-refractivity contribution in [3.05, 3.63) is 0 Å². The Labute approximate surface area is 62.1 Å². The van der Waals surface area contributed by atoms with Gasteiger partial charge in [0.05, 0.1) is 0 Å². The molecule has 6 nitrogen and oxygen atoms in total. The van der Waals surface area contributed by atoms with Gasteiger partial charge in [0, 0.05) is 6.92 Å². The summed E-state index contributed by atoms with van der Waals surface area (Å²) >= 11 is 0.